The second-order valence-electron chi connectivity index (χ2n) is 4.66. The summed E-state index contributed by atoms with van der Waals surface area (Å²) in [6.07, 6.45) is 3.25. The predicted molar refractivity (Wildman–Crippen MR) is 84.4 cm³/mol. The van der Waals surface area contributed by atoms with Gasteiger partial charge in [0.25, 0.3) is 0 Å². The van der Waals surface area contributed by atoms with Gasteiger partial charge in [-0.05, 0) is 36.4 Å². The zero-order chi connectivity index (χ0) is 15.1. The van der Waals surface area contributed by atoms with Crippen molar-refractivity contribution < 1.29 is 4.42 Å². The molecular weight excluding hydrogens is 323 g/mol. The third kappa shape index (κ3) is 2.24. The first-order valence-electron chi connectivity index (χ1n) is 6.42. The Labute approximate surface area is 135 Å². The average molecular weight is 331 g/mol. The van der Waals surface area contributed by atoms with Crippen LogP contribution in [0.25, 0.3) is 28.2 Å². The Kier molecular flexibility index (Phi) is 3.10. The van der Waals surface area contributed by atoms with Gasteiger partial charge >= 0.3 is 0 Å². The average Bonchev–Trinajstić information content (AvgIpc) is 3.15. The van der Waals surface area contributed by atoms with Gasteiger partial charge in [-0.3, -0.25) is 4.57 Å². The third-order valence-corrected chi connectivity index (χ3v) is 3.80. The molecule has 0 spiro atoms. The molecule has 0 unspecified atom stereocenters. The van der Waals surface area contributed by atoms with Crippen LogP contribution >= 0.6 is 23.2 Å². The fourth-order valence-corrected chi connectivity index (χ4v) is 2.68. The van der Waals surface area contributed by atoms with Crippen LogP contribution in [-0.4, -0.2) is 19.7 Å². The van der Waals surface area contributed by atoms with Crippen molar-refractivity contribution in [2.75, 3.05) is 0 Å². The van der Waals surface area contributed by atoms with Gasteiger partial charge in [0, 0.05) is 5.02 Å². The SMILES string of the molecule is Clc1ccc(-c2nc3cc(-n4cnnc4)ccc3o2)c(Cl)c1. The van der Waals surface area contributed by atoms with Gasteiger partial charge in [0.15, 0.2) is 5.58 Å². The van der Waals surface area contributed by atoms with Crippen LogP contribution in [0.5, 0.6) is 0 Å². The molecule has 5 nitrogen and oxygen atoms in total. The number of oxazole rings is 1. The molecule has 7 heteroatoms. The molecule has 4 rings (SSSR count). The zero-order valence-corrected chi connectivity index (χ0v) is 12.6. The van der Waals surface area contributed by atoms with Gasteiger partial charge in [-0.15, -0.1) is 10.2 Å². The molecule has 2 aromatic heterocycles. The summed E-state index contributed by atoms with van der Waals surface area (Å²) in [5.74, 6) is 0.456. The molecule has 0 aliphatic rings. The molecule has 0 aliphatic heterocycles. The molecule has 2 aromatic carbocycles. The van der Waals surface area contributed by atoms with Crippen molar-refractivity contribution in [3.8, 4) is 17.1 Å². The third-order valence-electron chi connectivity index (χ3n) is 3.25. The van der Waals surface area contributed by atoms with Gasteiger partial charge in [0.05, 0.1) is 16.3 Å². The molecular formula is C15H8Cl2N4O. The van der Waals surface area contributed by atoms with Crippen molar-refractivity contribution in [1.29, 1.82) is 0 Å². The molecule has 0 N–H and O–H groups in total. The Morgan fingerprint density at radius 2 is 1.77 bits per heavy atom. The minimum atomic E-state index is 0.456. The maximum atomic E-state index is 6.20. The van der Waals surface area contributed by atoms with Crippen LogP contribution in [0.3, 0.4) is 0 Å². The van der Waals surface area contributed by atoms with E-state index in [1.807, 2.05) is 18.2 Å². The maximum Gasteiger partial charge on any atom is 0.228 e. The van der Waals surface area contributed by atoms with Crippen molar-refractivity contribution in [2.45, 2.75) is 0 Å². The predicted octanol–water partition coefficient (Wildman–Crippen LogP) is 4.38. The number of hydrogen-bond donors (Lipinski definition) is 0. The highest BCUT2D eigenvalue weighted by molar-refractivity contribution is 6.36. The van der Waals surface area contributed by atoms with E-state index < -0.39 is 0 Å². The highest BCUT2D eigenvalue weighted by Crippen LogP contribution is 2.32. The van der Waals surface area contributed by atoms with Crippen molar-refractivity contribution in [3.05, 3.63) is 59.1 Å². The van der Waals surface area contributed by atoms with E-state index in [1.54, 1.807) is 35.4 Å². The summed E-state index contributed by atoms with van der Waals surface area (Å²) in [4.78, 5) is 4.50. The Bertz CT molecular complexity index is 963. The first-order valence-corrected chi connectivity index (χ1v) is 7.17. The van der Waals surface area contributed by atoms with Gasteiger partial charge in [0.1, 0.15) is 18.2 Å². The molecule has 0 amide bonds. The highest BCUT2D eigenvalue weighted by Gasteiger charge is 2.12. The van der Waals surface area contributed by atoms with Crippen molar-refractivity contribution in [1.82, 2.24) is 19.7 Å². The maximum absolute atomic E-state index is 6.20. The lowest BCUT2D eigenvalue weighted by molar-refractivity contribution is 0.620. The van der Waals surface area contributed by atoms with Gasteiger partial charge in [0.2, 0.25) is 5.89 Å². The molecule has 2 heterocycles. The van der Waals surface area contributed by atoms with Crippen molar-refractivity contribution in [3.63, 3.8) is 0 Å². The van der Waals surface area contributed by atoms with E-state index in [9.17, 15) is 0 Å². The summed E-state index contributed by atoms with van der Waals surface area (Å²) in [6, 6.07) is 10.9. The lowest BCUT2D eigenvalue weighted by Crippen LogP contribution is -1.88. The number of aromatic nitrogens is 4. The molecule has 108 valence electrons. The fraction of sp³-hybridized carbons (Fsp3) is 0. The van der Waals surface area contributed by atoms with Gasteiger partial charge < -0.3 is 4.42 Å². The van der Waals surface area contributed by atoms with Crippen LogP contribution in [0, 0.1) is 0 Å². The molecule has 4 aromatic rings. The van der Waals surface area contributed by atoms with Crippen molar-refractivity contribution in [2.24, 2.45) is 0 Å². The Hall–Kier alpha value is -2.37. The Morgan fingerprint density at radius 1 is 0.955 bits per heavy atom. The Morgan fingerprint density at radius 3 is 2.55 bits per heavy atom. The molecule has 0 bridgehead atoms. The monoisotopic (exact) mass is 330 g/mol. The van der Waals surface area contributed by atoms with Crippen LogP contribution in [-0.2, 0) is 0 Å². The summed E-state index contributed by atoms with van der Waals surface area (Å²) in [6.45, 7) is 0. The molecule has 0 fully saturated rings. The largest absolute Gasteiger partial charge is 0.436 e. The van der Waals surface area contributed by atoms with Gasteiger partial charge in [-0.25, -0.2) is 4.98 Å². The van der Waals surface area contributed by atoms with E-state index in [0.29, 0.717) is 27.1 Å². The number of hydrogen-bond acceptors (Lipinski definition) is 4. The number of halogens is 2. The van der Waals surface area contributed by atoms with E-state index in [2.05, 4.69) is 15.2 Å². The van der Waals surface area contributed by atoms with Crippen LogP contribution in [0.15, 0.2) is 53.5 Å². The number of fused-ring (bicyclic) bond motifs is 1. The fourth-order valence-electron chi connectivity index (χ4n) is 2.19. The Balaban J connectivity index is 1.84. The smallest absolute Gasteiger partial charge is 0.228 e. The van der Waals surface area contributed by atoms with E-state index in [-0.39, 0.29) is 0 Å². The lowest BCUT2D eigenvalue weighted by Gasteiger charge is -1.99. The summed E-state index contributed by atoms with van der Waals surface area (Å²) in [5, 5.41) is 8.65. The minimum absolute atomic E-state index is 0.456. The second kappa shape index (κ2) is 5.12. The number of rotatable bonds is 2. The normalized spacial score (nSPS) is 11.2. The lowest BCUT2D eigenvalue weighted by atomic mass is 10.2. The van der Waals surface area contributed by atoms with E-state index in [0.717, 1.165) is 11.2 Å². The summed E-state index contributed by atoms with van der Waals surface area (Å²) >= 11 is 12.1. The summed E-state index contributed by atoms with van der Waals surface area (Å²) in [7, 11) is 0. The zero-order valence-electron chi connectivity index (χ0n) is 11.1. The quantitative estimate of drug-likeness (QED) is 0.547. The molecule has 0 aliphatic carbocycles. The molecule has 0 atom stereocenters. The second-order valence-corrected chi connectivity index (χ2v) is 5.51. The number of nitrogens with zero attached hydrogens (tertiary/aromatic N) is 4. The molecule has 0 saturated carbocycles. The summed E-state index contributed by atoms with van der Waals surface area (Å²) in [5.41, 5.74) is 3.01. The highest BCUT2D eigenvalue weighted by atomic mass is 35.5. The van der Waals surface area contributed by atoms with E-state index >= 15 is 0 Å². The first kappa shape index (κ1) is 13.3. The van der Waals surface area contributed by atoms with E-state index in [1.165, 1.54) is 0 Å². The van der Waals surface area contributed by atoms with Crippen LogP contribution < -0.4 is 0 Å². The topological polar surface area (TPSA) is 56.7 Å². The van der Waals surface area contributed by atoms with E-state index in [4.69, 9.17) is 27.6 Å². The first-order chi connectivity index (χ1) is 10.7. The minimum Gasteiger partial charge on any atom is -0.436 e. The van der Waals surface area contributed by atoms with Gasteiger partial charge in [-0.2, -0.15) is 0 Å². The number of benzene rings is 2. The van der Waals surface area contributed by atoms with Crippen LogP contribution in [0.4, 0.5) is 0 Å². The molecule has 0 radical (unpaired) electrons. The molecule has 0 saturated heterocycles. The van der Waals surface area contributed by atoms with Gasteiger partial charge in [-0.1, -0.05) is 23.2 Å². The molecule has 22 heavy (non-hydrogen) atoms. The van der Waals surface area contributed by atoms with Crippen LogP contribution in [0.2, 0.25) is 10.0 Å². The van der Waals surface area contributed by atoms with Crippen LogP contribution in [0.1, 0.15) is 0 Å². The van der Waals surface area contributed by atoms with Crippen molar-refractivity contribution >= 4 is 34.3 Å². The summed E-state index contributed by atoms with van der Waals surface area (Å²) < 4.78 is 7.56. The standard InChI is InChI=1S/C15H8Cl2N4O/c16-9-1-3-11(12(17)5-9)15-20-13-6-10(2-4-14(13)22-15)21-7-18-19-8-21/h1-8H.